The first-order valence-corrected chi connectivity index (χ1v) is 10.1. The molecule has 1 heterocycles. The minimum atomic E-state index is -3.46. The fourth-order valence-electron chi connectivity index (χ4n) is 2.22. The summed E-state index contributed by atoms with van der Waals surface area (Å²) in [7, 11) is -3.46. The minimum Gasteiger partial charge on any atom is -0.403 e. The fourth-order valence-corrected chi connectivity index (χ4v) is 3.16. The van der Waals surface area contributed by atoms with E-state index < -0.39 is 28.6 Å². The molecule has 1 aromatic carbocycles. The highest BCUT2D eigenvalue weighted by Gasteiger charge is 2.14. The molecule has 0 amide bonds. The number of allylic oxidation sites excluding steroid dienone is 1. The standard InChI is InChI=1S/C17H19F3N6O2S/c1-29(27,28)14-5-3-2-4-11(14)7-23-16-13(18)9-24-17(26-16)25-12(6-21)8-22-10-15(19)20/h2-6,8-9,15H,7,10,21H2,1H3,(H2,23,24,25,26)/b12-6+,22-8?. The quantitative estimate of drug-likeness (QED) is 0.523. The highest BCUT2D eigenvalue weighted by atomic mass is 32.2. The third-order valence-electron chi connectivity index (χ3n) is 3.47. The van der Waals surface area contributed by atoms with Gasteiger partial charge >= 0.3 is 0 Å². The van der Waals surface area contributed by atoms with E-state index >= 15 is 0 Å². The van der Waals surface area contributed by atoms with Crippen LogP contribution >= 0.6 is 0 Å². The number of hydrogen-bond acceptors (Lipinski definition) is 8. The molecule has 0 aliphatic carbocycles. The number of nitrogens with zero attached hydrogens (tertiary/aromatic N) is 3. The Balaban J connectivity index is 2.15. The molecule has 0 spiro atoms. The van der Waals surface area contributed by atoms with E-state index in [1.54, 1.807) is 18.2 Å². The second-order valence-electron chi connectivity index (χ2n) is 5.76. The Labute approximate surface area is 165 Å². The van der Waals surface area contributed by atoms with E-state index in [1.807, 2.05) is 0 Å². The van der Waals surface area contributed by atoms with Crippen LogP contribution in [0.5, 0.6) is 0 Å². The van der Waals surface area contributed by atoms with Crippen molar-refractivity contribution in [2.75, 3.05) is 23.4 Å². The molecule has 0 aliphatic heterocycles. The smallest absolute Gasteiger partial charge is 0.257 e. The van der Waals surface area contributed by atoms with Gasteiger partial charge in [-0.05, 0) is 11.6 Å². The maximum absolute atomic E-state index is 14.0. The van der Waals surface area contributed by atoms with E-state index in [0.717, 1.165) is 24.9 Å². The molecule has 0 fully saturated rings. The van der Waals surface area contributed by atoms with E-state index in [-0.39, 0.29) is 28.9 Å². The van der Waals surface area contributed by atoms with Gasteiger partial charge in [0.1, 0.15) is 0 Å². The maximum atomic E-state index is 14.0. The van der Waals surface area contributed by atoms with Crippen molar-refractivity contribution in [3.63, 3.8) is 0 Å². The van der Waals surface area contributed by atoms with Crippen LogP contribution in [0.1, 0.15) is 5.56 Å². The van der Waals surface area contributed by atoms with Gasteiger partial charge in [0.2, 0.25) is 5.95 Å². The summed E-state index contributed by atoms with van der Waals surface area (Å²) in [5, 5.41) is 5.34. The van der Waals surface area contributed by atoms with Gasteiger partial charge in [-0.15, -0.1) is 0 Å². The molecular formula is C17H19F3N6O2S. The third-order valence-corrected chi connectivity index (χ3v) is 4.67. The summed E-state index contributed by atoms with van der Waals surface area (Å²) in [6.07, 6.45) is 1.52. The Morgan fingerprint density at radius 1 is 1.34 bits per heavy atom. The summed E-state index contributed by atoms with van der Waals surface area (Å²) in [5.41, 5.74) is 5.96. The molecule has 12 heteroatoms. The van der Waals surface area contributed by atoms with Gasteiger partial charge in [0, 0.05) is 25.2 Å². The molecule has 0 saturated heterocycles. The Bertz CT molecular complexity index is 1010. The topological polar surface area (TPSA) is 122 Å². The number of aromatic nitrogens is 2. The number of hydrogen-bond donors (Lipinski definition) is 3. The highest BCUT2D eigenvalue weighted by molar-refractivity contribution is 7.90. The SMILES string of the molecule is CS(=O)(=O)c1ccccc1CNc1nc(N/C(C=NCC(F)F)=C/N)ncc1F. The number of nitrogens with one attached hydrogen (secondary N) is 2. The predicted octanol–water partition coefficient (Wildman–Crippen LogP) is 2.18. The zero-order valence-corrected chi connectivity index (χ0v) is 16.1. The first-order valence-electron chi connectivity index (χ1n) is 8.22. The van der Waals surface area contributed by atoms with Crippen molar-refractivity contribution in [2.45, 2.75) is 17.9 Å². The zero-order valence-electron chi connectivity index (χ0n) is 15.3. The van der Waals surface area contributed by atoms with Crippen molar-refractivity contribution >= 4 is 27.8 Å². The first kappa shape index (κ1) is 22.1. The second-order valence-corrected chi connectivity index (χ2v) is 7.74. The lowest BCUT2D eigenvalue weighted by molar-refractivity contribution is 0.159. The average Bonchev–Trinajstić information content (AvgIpc) is 2.66. The van der Waals surface area contributed by atoms with Crippen LogP contribution in [0.4, 0.5) is 24.9 Å². The van der Waals surface area contributed by atoms with Crippen molar-refractivity contribution in [1.82, 2.24) is 9.97 Å². The molecule has 8 nitrogen and oxygen atoms in total. The molecule has 0 aliphatic rings. The molecule has 4 N–H and O–H groups in total. The highest BCUT2D eigenvalue weighted by Crippen LogP contribution is 2.18. The summed E-state index contributed by atoms with van der Waals surface area (Å²) in [6, 6.07) is 6.29. The van der Waals surface area contributed by atoms with Crippen molar-refractivity contribution in [1.29, 1.82) is 0 Å². The Kier molecular flexibility index (Phi) is 7.53. The third kappa shape index (κ3) is 6.75. The number of anilines is 2. The van der Waals surface area contributed by atoms with Gasteiger partial charge in [-0.25, -0.2) is 26.6 Å². The van der Waals surface area contributed by atoms with Crippen LogP contribution in [0.25, 0.3) is 0 Å². The fraction of sp³-hybridized carbons (Fsp3) is 0.235. The van der Waals surface area contributed by atoms with Crippen molar-refractivity contribution in [2.24, 2.45) is 10.7 Å². The average molecular weight is 428 g/mol. The summed E-state index contributed by atoms with van der Waals surface area (Å²) >= 11 is 0. The van der Waals surface area contributed by atoms with Crippen molar-refractivity contribution in [3.8, 4) is 0 Å². The van der Waals surface area contributed by atoms with Crippen LogP contribution in [0.15, 0.2) is 52.2 Å². The molecule has 0 bridgehead atoms. The largest absolute Gasteiger partial charge is 0.403 e. The number of nitrogens with two attached hydrogens (primary N) is 1. The molecular weight excluding hydrogens is 409 g/mol. The zero-order chi connectivity index (χ0) is 21.4. The van der Waals surface area contributed by atoms with Gasteiger partial charge in [0.15, 0.2) is 21.5 Å². The molecule has 2 rings (SSSR count). The van der Waals surface area contributed by atoms with Gasteiger partial charge in [-0.2, -0.15) is 4.98 Å². The molecule has 156 valence electrons. The molecule has 0 unspecified atom stereocenters. The van der Waals surface area contributed by atoms with Crippen LogP contribution in [0.3, 0.4) is 0 Å². The maximum Gasteiger partial charge on any atom is 0.257 e. The summed E-state index contributed by atoms with van der Waals surface area (Å²) in [5.74, 6) is -1.02. The summed E-state index contributed by atoms with van der Waals surface area (Å²) in [6.45, 7) is -0.706. The van der Waals surface area contributed by atoms with Crippen LogP contribution in [-0.4, -0.2) is 43.8 Å². The number of halogens is 3. The predicted molar refractivity (Wildman–Crippen MR) is 104 cm³/mol. The molecule has 0 radical (unpaired) electrons. The van der Waals surface area contributed by atoms with E-state index in [0.29, 0.717) is 5.56 Å². The van der Waals surface area contributed by atoms with Gasteiger partial charge in [0.05, 0.1) is 23.3 Å². The van der Waals surface area contributed by atoms with Crippen molar-refractivity contribution < 1.29 is 21.6 Å². The van der Waals surface area contributed by atoms with Gasteiger partial charge < -0.3 is 16.4 Å². The minimum absolute atomic E-state index is 0.00789. The van der Waals surface area contributed by atoms with Gasteiger partial charge in [-0.1, -0.05) is 18.2 Å². The molecule has 0 saturated carbocycles. The first-order chi connectivity index (χ1) is 13.7. The Hall–Kier alpha value is -3.15. The Morgan fingerprint density at radius 2 is 2.07 bits per heavy atom. The number of sulfone groups is 1. The monoisotopic (exact) mass is 428 g/mol. The molecule has 29 heavy (non-hydrogen) atoms. The van der Waals surface area contributed by atoms with E-state index in [4.69, 9.17) is 5.73 Å². The van der Waals surface area contributed by atoms with E-state index in [1.165, 1.54) is 6.07 Å². The van der Waals surface area contributed by atoms with E-state index in [9.17, 15) is 21.6 Å². The lowest BCUT2D eigenvalue weighted by atomic mass is 10.2. The van der Waals surface area contributed by atoms with Crippen LogP contribution in [0, 0.1) is 5.82 Å². The van der Waals surface area contributed by atoms with E-state index in [2.05, 4.69) is 25.6 Å². The van der Waals surface area contributed by atoms with Crippen LogP contribution in [0.2, 0.25) is 0 Å². The number of rotatable bonds is 9. The van der Waals surface area contributed by atoms with Crippen LogP contribution < -0.4 is 16.4 Å². The van der Waals surface area contributed by atoms with Gasteiger partial charge in [0.25, 0.3) is 6.43 Å². The summed E-state index contributed by atoms with van der Waals surface area (Å²) < 4.78 is 62.0. The lowest BCUT2D eigenvalue weighted by Crippen LogP contribution is -2.12. The van der Waals surface area contributed by atoms with Crippen LogP contribution in [-0.2, 0) is 16.4 Å². The number of alkyl halides is 2. The normalized spacial score (nSPS) is 12.5. The summed E-state index contributed by atoms with van der Waals surface area (Å²) in [4.78, 5) is 11.3. The molecule has 1 aromatic heterocycles. The second kappa shape index (κ2) is 9.87. The van der Waals surface area contributed by atoms with Gasteiger partial charge in [-0.3, -0.25) is 4.99 Å². The molecule has 0 atom stereocenters. The lowest BCUT2D eigenvalue weighted by Gasteiger charge is -2.11. The molecule has 2 aromatic rings. The number of benzene rings is 1. The number of aliphatic imine (C=N–C) groups is 1. The Morgan fingerprint density at radius 3 is 2.72 bits per heavy atom. The van der Waals surface area contributed by atoms with Crippen molar-refractivity contribution in [3.05, 3.63) is 53.7 Å².